The lowest BCUT2D eigenvalue weighted by Crippen LogP contribution is -2.43. The van der Waals surface area contributed by atoms with Gasteiger partial charge in [-0.15, -0.1) is 0 Å². The number of rotatable bonds is 13. The van der Waals surface area contributed by atoms with Crippen molar-refractivity contribution in [2.75, 3.05) is 32.1 Å². The maximum absolute atomic E-state index is 15.5. The summed E-state index contributed by atoms with van der Waals surface area (Å²) >= 11 is 14.0. The largest absolute Gasteiger partial charge is 0.481 e. The predicted octanol–water partition coefficient (Wildman–Crippen LogP) is 7.90. The van der Waals surface area contributed by atoms with Crippen molar-refractivity contribution < 1.29 is 28.2 Å². The van der Waals surface area contributed by atoms with Gasteiger partial charge in [-0.1, -0.05) is 47.5 Å². The number of hydrogen-bond acceptors (Lipinski definition) is 9. The number of ether oxygens (including phenoxy) is 3. The van der Waals surface area contributed by atoms with Gasteiger partial charge in [0.1, 0.15) is 5.60 Å². The fraction of sp³-hybridized carbons (Fsp3) is 0.385. The molecule has 0 aliphatic carbocycles. The molecule has 2 fully saturated rings. The lowest BCUT2D eigenvalue weighted by Gasteiger charge is -2.29. The summed E-state index contributed by atoms with van der Waals surface area (Å²) < 4.78 is 32.4. The molecule has 3 N–H and O–H groups in total. The Balaban J connectivity index is 1.23. The zero-order chi connectivity index (χ0) is 37.7. The Labute approximate surface area is 318 Å². The number of nitrogens with zero attached hydrogens (tertiary/aromatic N) is 3. The summed E-state index contributed by atoms with van der Waals surface area (Å²) in [5, 5.41) is 9.93. The van der Waals surface area contributed by atoms with E-state index in [1.807, 2.05) is 6.07 Å². The van der Waals surface area contributed by atoms with Crippen molar-refractivity contribution in [1.29, 1.82) is 0 Å². The minimum atomic E-state index is -0.710. The molecule has 6 rings (SSSR count). The number of aromatic nitrogens is 2. The van der Waals surface area contributed by atoms with Crippen LogP contribution in [0.3, 0.4) is 0 Å². The van der Waals surface area contributed by atoms with E-state index in [2.05, 4.69) is 20.9 Å². The van der Waals surface area contributed by atoms with Gasteiger partial charge in [-0.05, 0) is 63.9 Å². The van der Waals surface area contributed by atoms with Gasteiger partial charge >= 0.3 is 6.09 Å². The van der Waals surface area contributed by atoms with Gasteiger partial charge in [0.05, 0.1) is 52.6 Å². The van der Waals surface area contributed by atoms with E-state index in [-0.39, 0.29) is 42.6 Å². The third-order valence-electron chi connectivity index (χ3n) is 8.92. The second kappa shape index (κ2) is 16.7. The highest BCUT2D eigenvalue weighted by molar-refractivity contribution is 6.39. The van der Waals surface area contributed by atoms with Crippen LogP contribution in [0.2, 0.25) is 10.0 Å². The average molecular weight is 766 g/mol. The molecule has 11 nitrogen and oxygen atoms in total. The van der Waals surface area contributed by atoms with E-state index < -0.39 is 11.7 Å². The van der Waals surface area contributed by atoms with Crippen molar-refractivity contribution in [2.24, 2.45) is 0 Å². The molecule has 14 heteroatoms. The molecule has 2 aliphatic rings. The fourth-order valence-electron chi connectivity index (χ4n) is 6.14. The van der Waals surface area contributed by atoms with Crippen LogP contribution in [0, 0.1) is 5.82 Å². The maximum Gasteiger partial charge on any atom is 0.410 e. The highest BCUT2D eigenvalue weighted by Crippen LogP contribution is 2.41. The zero-order valence-electron chi connectivity index (χ0n) is 30.1. The molecule has 2 atom stereocenters. The van der Waals surface area contributed by atoms with Crippen LogP contribution < -0.4 is 20.7 Å². The number of anilines is 2. The van der Waals surface area contributed by atoms with Crippen LogP contribution in [0.15, 0.2) is 60.8 Å². The molecule has 0 saturated carbocycles. The van der Waals surface area contributed by atoms with Crippen LogP contribution in [0.5, 0.6) is 5.88 Å². The van der Waals surface area contributed by atoms with Gasteiger partial charge in [0.2, 0.25) is 11.8 Å². The number of carbonyl (C=O) groups excluding carboxylic acids is 2. The van der Waals surface area contributed by atoms with Crippen LogP contribution in [0.4, 0.5) is 20.6 Å². The molecule has 2 aliphatic heterocycles. The van der Waals surface area contributed by atoms with Gasteiger partial charge in [0.25, 0.3) is 0 Å². The molecule has 2 aromatic heterocycles. The number of amides is 2. The van der Waals surface area contributed by atoms with Gasteiger partial charge in [-0.3, -0.25) is 9.78 Å². The third kappa shape index (κ3) is 9.36. The molecular formula is C39H43Cl2FN6O5. The predicted molar refractivity (Wildman–Crippen MR) is 203 cm³/mol. The first-order valence-electron chi connectivity index (χ1n) is 17.5. The van der Waals surface area contributed by atoms with E-state index >= 15 is 4.39 Å². The van der Waals surface area contributed by atoms with Crippen LogP contribution in [0.1, 0.15) is 51.2 Å². The molecule has 4 heterocycles. The number of pyridine rings is 2. The smallest absolute Gasteiger partial charge is 0.410 e. The van der Waals surface area contributed by atoms with Crippen molar-refractivity contribution in [3.05, 3.63) is 87.8 Å². The van der Waals surface area contributed by atoms with Crippen molar-refractivity contribution >= 4 is 46.6 Å². The summed E-state index contributed by atoms with van der Waals surface area (Å²) in [7, 11) is 1.50. The van der Waals surface area contributed by atoms with E-state index in [4.69, 9.17) is 42.4 Å². The second-order valence-electron chi connectivity index (χ2n) is 14.0. The summed E-state index contributed by atoms with van der Waals surface area (Å²) in [6.45, 7) is 7.61. The second-order valence-corrected chi connectivity index (χ2v) is 14.8. The number of benzene rings is 2. The highest BCUT2D eigenvalue weighted by Gasteiger charge is 2.29. The number of hydrogen-bond donors (Lipinski definition) is 3. The molecule has 4 aromatic rings. The van der Waals surface area contributed by atoms with Gasteiger partial charge in [-0.25, -0.2) is 14.2 Å². The molecule has 2 amide bonds. The van der Waals surface area contributed by atoms with Gasteiger partial charge < -0.3 is 35.1 Å². The molecule has 2 aromatic carbocycles. The Morgan fingerprint density at radius 2 is 1.81 bits per heavy atom. The van der Waals surface area contributed by atoms with E-state index in [0.29, 0.717) is 81.2 Å². The summed E-state index contributed by atoms with van der Waals surface area (Å²) in [5.74, 6) is -0.128. The quantitative estimate of drug-likeness (QED) is 0.125. The first kappa shape index (κ1) is 38.2. The van der Waals surface area contributed by atoms with Crippen LogP contribution in [-0.2, 0) is 27.4 Å². The Morgan fingerprint density at radius 1 is 1.04 bits per heavy atom. The average Bonchev–Trinajstić information content (AvgIpc) is 3.51. The lowest BCUT2D eigenvalue weighted by molar-refractivity contribution is -0.119. The number of nitrogens with one attached hydrogen (secondary N) is 3. The van der Waals surface area contributed by atoms with E-state index in [9.17, 15) is 9.59 Å². The summed E-state index contributed by atoms with van der Waals surface area (Å²) in [4.78, 5) is 36.0. The highest BCUT2D eigenvalue weighted by atomic mass is 35.5. The normalized spacial score (nSPS) is 16.8. The topological polar surface area (TPSA) is 127 Å². The van der Waals surface area contributed by atoms with Gasteiger partial charge in [-0.2, -0.15) is 0 Å². The molecule has 0 bridgehead atoms. The minimum absolute atomic E-state index is 0.0430. The Hall–Kier alpha value is -4.49. The van der Waals surface area contributed by atoms with E-state index in [1.165, 1.54) is 7.11 Å². The molecule has 280 valence electrons. The molecule has 0 unspecified atom stereocenters. The van der Waals surface area contributed by atoms with E-state index in [0.717, 1.165) is 13.0 Å². The number of methoxy groups -OCH3 is 1. The standard InChI is InChI=1S/C39H43Cl2FN6O5/c1-39(2,3)53-38(50)48(22-25-12-14-32(49)45-25)21-24-11-13-29(47-37(24)51-4)27-15-17-44-36(34(27)41)28-8-6-9-30(33(28)40)46-31-10-5-7-23(35(31)42)19-43-20-26-16-18-52-26/h5-11,13,15,17,25-26,43,46H,12,14,16,18-22H2,1-4H3,(H,45,49)/t25-,26-/m0/s1. The Bertz CT molecular complexity index is 1970. The van der Waals surface area contributed by atoms with Crippen LogP contribution >= 0.6 is 23.2 Å². The Kier molecular flexibility index (Phi) is 12.0. The summed E-state index contributed by atoms with van der Waals surface area (Å²) in [5.41, 5.74) is 3.25. The first-order valence-corrected chi connectivity index (χ1v) is 18.3. The zero-order valence-corrected chi connectivity index (χ0v) is 31.6. The monoisotopic (exact) mass is 764 g/mol. The summed E-state index contributed by atoms with van der Waals surface area (Å²) in [6, 6.07) is 15.7. The summed E-state index contributed by atoms with van der Waals surface area (Å²) in [6.07, 6.45) is 3.32. The van der Waals surface area contributed by atoms with Crippen molar-refractivity contribution in [1.82, 2.24) is 25.5 Å². The SMILES string of the molecule is COc1nc(-c2ccnc(-c3cccc(Nc4cccc(CNC[C@@H]5CCO5)c4F)c3Cl)c2Cl)ccc1CN(C[C@@H]1CCC(=O)N1)C(=O)OC(C)(C)C. The Morgan fingerprint density at radius 3 is 2.51 bits per heavy atom. The molecule has 53 heavy (non-hydrogen) atoms. The van der Waals surface area contributed by atoms with Gasteiger partial charge in [0.15, 0.2) is 5.82 Å². The lowest BCUT2D eigenvalue weighted by atomic mass is 10.0. The van der Waals surface area contributed by atoms with Crippen molar-refractivity contribution in [2.45, 2.75) is 70.9 Å². The van der Waals surface area contributed by atoms with Crippen molar-refractivity contribution in [3.8, 4) is 28.4 Å². The van der Waals surface area contributed by atoms with Crippen LogP contribution in [-0.4, -0.2) is 71.4 Å². The van der Waals surface area contributed by atoms with Crippen LogP contribution in [0.25, 0.3) is 22.5 Å². The molecule has 0 radical (unpaired) electrons. The molecular weight excluding hydrogens is 722 g/mol. The molecule has 2 saturated heterocycles. The number of carbonyl (C=O) groups is 2. The van der Waals surface area contributed by atoms with Crippen molar-refractivity contribution in [3.63, 3.8) is 0 Å². The maximum atomic E-state index is 15.5. The first-order chi connectivity index (χ1) is 25.4. The van der Waals surface area contributed by atoms with Gasteiger partial charge in [0, 0.05) is 67.2 Å². The third-order valence-corrected chi connectivity index (χ3v) is 9.71. The minimum Gasteiger partial charge on any atom is -0.481 e. The van der Waals surface area contributed by atoms with E-state index in [1.54, 1.807) is 80.4 Å². The molecule has 0 spiro atoms. The fourth-order valence-corrected chi connectivity index (χ4v) is 6.72. The number of halogens is 3.